The molecular formula is C31H50N2O2. The predicted molar refractivity (Wildman–Crippen MR) is 147 cm³/mol. The number of hydrogen-bond acceptors (Lipinski definition) is 4. The van der Waals surface area contributed by atoms with Crippen LogP contribution in [0.15, 0.2) is 23.8 Å². The molecule has 2 heterocycles. The number of allylic oxidation sites excluding steroid dienone is 1. The molecule has 1 saturated heterocycles. The second-order valence-electron chi connectivity index (χ2n) is 12.5. The number of fused-ring (bicyclic) bond motifs is 3. The highest BCUT2D eigenvalue weighted by Crippen LogP contribution is 2.55. The van der Waals surface area contributed by atoms with Crippen LogP contribution in [0.4, 0.5) is 0 Å². The van der Waals surface area contributed by atoms with E-state index in [4.69, 9.17) is 4.74 Å². The van der Waals surface area contributed by atoms with Crippen molar-refractivity contribution in [2.24, 2.45) is 5.92 Å². The van der Waals surface area contributed by atoms with Crippen molar-refractivity contribution >= 4 is 0 Å². The lowest BCUT2D eigenvalue weighted by atomic mass is 9.66. The second kappa shape index (κ2) is 11.3. The summed E-state index contributed by atoms with van der Waals surface area (Å²) in [6, 6.07) is 4.29. The van der Waals surface area contributed by atoms with Gasteiger partial charge in [-0.2, -0.15) is 0 Å². The van der Waals surface area contributed by atoms with E-state index in [2.05, 4.69) is 57.0 Å². The smallest absolute Gasteiger partial charge is 0.127 e. The highest BCUT2D eigenvalue weighted by Gasteiger charge is 2.46. The Morgan fingerprint density at radius 3 is 2.66 bits per heavy atom. The molecule has 0 radical (unpaired) electrons. The number of likely N-dealkylation sites (tertiary alicyclic amines) is 1. The summed E-state index contributed by atoms with van der Waals surface area (Å²) in [5.74, 6) is 2.06. The number of rotatable bonds is 11. The van der Waals surface area contributed by atoms with E-state index in [-0.39, 0.29) is 11.0 Å². The highest BCUT2D eigenvalue weighted by atomic mass is 16.5. The van der Waals surface area contributed by atoms with Crippen LogP contribution in [0, 0.1) is 5.92 Å². The standard InChI is InChI=1S/C31H50N2O2/c1-6-7-8-9-14-30(2,3)24-20-27(34)29-25-19-23(22-32-15-18-33-16-10-11-17-33)12-13-26(25)31(4,5)35-28(29)21-24/h12,20-21,25-26,32,34H,6-11,13-19,22H2,1-5H3/t25-,26-/m0/s1. The van der Waals surface area contributed by atoms with Crippen LogP contribution < -0.4 is 10.1 Å². The Labute approximate surface area is 214 Å². The van der Waals surface area contributed by atoms with Gasteiger partial charge in [0.15, 0.2) is 0 Å². The van der Waals surface area contributed by atoms with Crippen molar-refractivity contribution in [2.45, 2.75) is 109 Å². The lowest BCUT2D eigenvalue weighted by molar-refractivity contribution is 0.00724. The summed E-state index contributed by atoms with van der Waals surface area (Å²) in [6.45, 7) is 17.0. The van der Waals surface area contributed by atoms with Crippen LogP contribution >= 0.6 is 0 Å². The number of phenolic OH excluding ortho intramolecular Hbond substituents is 1. The van der Waals surface area contributed by atoms with E-state index >= 15 is 0 Å². The summed E-state index contributed by atoms with van der Waals surface area (Å²) in [6.07, 6.45) is 13.4. The fourth-order valence-corrected chi connectivity index (χ4v) is 6.63. The Balaban J connectivity index is 1.46. The Morgan fingerprint density at radius 2 is 1.91 bits per heavy atom. The largest absolute Gasteiger partial charge is 0.508 e. The first-order chi connectivity index (χ1) is 16.7. The normalized spacial score (nSPS) is 24.0. The van der Waals surface area contributed by atoms with Gasteiger partial charge in [-0.05, 0) is 82.2 Å². The maximum Gasteiger partial charge on any atom is 0.127 e. The molecule has 0 spiro atoms. The van der Waals surface area contributed by atoms with Crippen molar-refractivity contribution in [2.75, 3.05) is 32.7 Å². The molecule has 0 amide bonds. The van der Waals surface area contributed by atoms with Crippen LogP contribution in [0.2, 0.25) is 0 Å². The van der Waals surface area contributed by atoms with Crippen molar-refractivity contribution < 1.29 is 9.84 Å². The number of aromatic hydroxyl groups is 1. The molecule has 4 rings (SSSR count). The Kier molecular flexibility index (Phi) is 8.53. The van der Waals surface area contributed by atoms with Gasteiger partial charge in [0.2, 0.25) is 0 Å². The predicted octanol–water partition coefficient (Wildman–Crippen LogP) is 6.92. The van der Waals surface area contributed by atoms with E-state index in [1.807, 2.05) is 6.07 Å². The number of hydrogen-bond donors (Lipinski definition) is 2. The summed E-state index contributed by atoms with van der Waals surface area (Å²) in [4.78, 5) is 2.57. The molecule has 0 saturated carbocycles. The number of nitrogens with one attached hydrogen (secondary N) is 1. The summed E-state index contributed by atoms with van der Waals surface area (Å²) in [5.41, 5.74) is 3.52. The molecule has 2 N–H and O–H groups in total. The van der Waals surface area contributed by atoms with E-state index in [0.29, 0.717) is 17.6 Å². The average molecular weight is 483 g/mol. The van der Waals surface area contributed by atoms with Crippen molar-refractivity contribution in [3.63, 3.8) is 0 Å². The highest BCUT2D eigenvalue weighted by molar-refractivity contribution is 5.54. The zero-order valence-electron chi connectivity index (χ0n) is 23.1. The molecule has 4 nitrogen and oxygen atoms in total. The van der Waals surface area contributed by atoms with Crippen molar-refractivity contribution in [1.82, 2.24) is 10.2 Å². The number of benzene rings is 1. The lowest BCUT2D eigenvalue weighted by Crippen LogP contribution is -2.46. The van der Waals surface area contributed by atoms with Crippen molar-refractivity contribution in [1.29, 1.82) is 0 Å². The molecule has 196 valence electrons. The van der Waals surface area contributed by atoms with Gasteiger partial charge in [0, 0.05) is 37.0 Å². The van der Waals surface area contributed by atoms with E-state index in [0.717, 1.165) is 50.2 Å². The van der Waals surface area contributed by atoms with Crippen LogP contribution in [0.1, 0.15) is 109 Å². The summed E-state index contributed by atoms with van der Waals surface area (Å²) in [5, 5.41) is 15.0. The fraction of sp³-hybridized carbons (Fsp3) is 0.742. The third-order valence-corrected chi connectivity index (χ3v) is 8.98. The summed E-state index contributed by atoms with van der Waals surface area (Å²) in [7, 11) is 0. The molecule has 2 aliphatic heterocycles. The SMILES string of the molecule is CCCCCCC(C)(C)c1cc(O)c2c(c1)OC(C)(C)[C@H]1CC=C(CNCCN3CCCC3)C[C@H]21. The Morgan fingerprint density at radius 1 is 1.14 bits per heavy atom. The molecular weight excluding hydrogens is 432 g/mol. The minimum Gasteiger partial charge on any atom is -0.508 e. The first-order valence-corrected chi connectivity index (χ1v) is 14.4. The lowest BCUT2D eigenvalue weighted by Gasteiger charge is -2.47. The third-order valence-electron chi connectivity index (χ3n) is 8.98. The quantitative estimate of drug-likeness (QED) is 0.265. The van der Waals surface area contributed by atoms with Crippen LogP contribution in [-0.2, 0) is 5.41 Å². The van der Waals surface area contributed by atoms with Gasteiger partial charge in [-0.15, -0.1) is 0 Å². The molecule has 0 bridgehead atoms. The summed E-state index contributed by atoms with van der Waals surface area (Å²) < 4.78 is 6.63. The number of unbranched alkanes of at least 4 members (excludes halogenated alkanes) is 3. The number of nitrogens with zero attached hydrogens (tertiary/aromatic N) is 1. The van der Waals surface area contributed by atoms with Crippen LogP contribution in [-0.4, -0.2) is 48.3 Å². The molecule has 0 unspecified atom stereocenters. The monoisotopic (exact) mass is 482 g/mol. The zero-order chi connectivity index (χ0) is 25.1. The second-order valence-corrected chi connectivity index (χ2v) is 12.5. The van der Waals surface area contributed by atoms with Gasteiger partial charge in [0.25, 0.3) is 0 Å². The summed E-state index contributed by atoms with van der Waals surface area (Å²) >= 11 is 0. The van der Waals surface area contributed by atoms with Crippen LogP contribution in [0.3, 0.4) is 0 Å². The molecule has 35 heavy (non-hydrogen) atoms. The number of ether oxygens (including phenoxy) is 1. The fourth-order valence-electron chi connectivity index (χ4n) is 6.63. The van der Waals surface area contributed by atoms with E-state index < -0.39 is 0 Å². The van der Waals surface area contributed by atoms with E-state index in [9.17, 15) is 5.11 Å². The molecule has 1 aromatic carbocycles. The molecule has 1 aliphatic carbocycles. The first-order valence-electron chi connectivity index (χ1n) is 14.4. The Bertz CT molecular complexity index is 882. The molecule has 2 atom stereocenters. The maximum atomic E-state index is 11.3. The zero-order valence-corrected chi connectivity index (χ0v) is 23.1. The van der Waals surface area contributed by atoms with Crippen molar-refractivity contribution in [3.8, 4) is 11.5 Å². The molecule has 4 heteroatoms. The third kappa shape index (κ3) is 6.25. The van der Waals surface area contributed by atoms with Crippen LogP contribution in [0.25, 0.3) is 0 Å². The first kappa shape index (κ1) is 26.5. The van der Waals surface area contributed by atoms with Gasteiger partial charge in [0.1, 0.15) is 17.1 Å². The van der Waals surface area contributed by atoms with Gasteiger partial charge in [-0.1, -0.05) is 58.1 Å². The molecule has 3 aliphatic rings. The molecule has 0 aromatic heterocycles. The Hall–Kier alpha value is -1.52. The molecule has 1 aromatic rings. The minimum atomic E-state index is -0.237. The van der Waals surface area contributed by atoms with Gasteiger partial charge in [-0.3, -0.25) is 0 Å². The van der Waals surface area contributed by atoms with Gasteiger partial charge in [0.05, 0.1) is 0 Å². The van der Waals surface area contributed by atoms with Crippen molar-refractivity contribution in [3.05, 3.63) is 34.9 Å². The van der Waals surface area contributed by atoms with Gasteiger partial charge in [-0.25, -0.2) is 0 Å². The minimum absolute atomic E-state index is 0.0293. The number of phenols is 1. The van der Waals surface area contributed by atoms with Crippen LogP contribution in [0.5, 0.6) is 11.5 Å². The van der Waals surface area contributed by atoms with E-state index in [1.165, 1.54) is 62.8 Å². The maximum absolute atomic E-state index is 11.3. The molecule has 1 fully saturated rings. The average Bonchev–Trinajstić information content (AvgIpc) is 3.32. The van der Waals surface area contributed by atoms with Gasteiger partial charge < -0.3 is 20.1 Å². The van der Waals surface area contributed by atoms with E-state index in [1.54, 1.807) is 0 Å². The topological polar surface area (TPSA) is 44.7 Å². The van der Waals surface area contributed by atoms with Gasteiger partial charge >= 0.3 is 0 Å².